The van der Waals surface area contributed by atoms with Crippen molar-refractivity contribution in [2.24, 2.45) is 5.92 Å². The minimum Gasteiger partial charge on any atom is -0.399 e. The van der Waals surface area contributed by atoms with E-state index in [4.69, 9.17) is 5.73 Å². The van der Waals surface area contributed by atoms with Gasteiger partial charge in [0.15, 0.2) is 0 Å². The number of nitrogen functional groups attached to an aromatic ring is 1. The molecule has 0 saturated carbocycles. The van der Waals surface area contributed by atoms with Gasteiger partial charge in [0.2, 0.25) is 11.8 Å². The van der Waals surface area contributed by atoms with Crippen molar-refractivity contribution in [1.82, 2.24) is 0 Å². The van der Waals surface area contributed by atoms with Crippen LogP contribution >= 0.6 is 0 Å². The van der Waals surface area contributed by atoms with Gasteiger partial charge in [-0.15, -0.1) is 0 Å². The Morgan fingerprint density at radius 1 is 1.38 bits per heavy atom. The van der Waals surface area contributed by atoms with Crippen LogP contribution in [0.25, 0.3) is 0 Å². The summed E-state index contributed by atoms with van der Waals surface area (Å²) in [7, 11) is 0. The van der Waals surface area contributed by atoms with Gasteiger partial charge < -0.3 is 5.73 Å². The fourth-order valence-corrected chi connectivity index (χ4v) is 1.97. The Bertz CT molecular complexity index is 468. The molecule has 1 fully saturated rings. The predicted molar refractivity (Wildman–Crippen MR) is 61.9 cm³/mol. The molecule has 1 saturated heterocycles. The van der Waals surface area contributed by atoms with E-state index in [1.807, 2.05) is 6.92 Å². The van der Waals surface area contributed by atoms with Crippen molar-refractivity contribution in [2.45, 2.75) is 20.3 Å². The largest absolute Gasteiger partial charge is 0.399 e. The van der Waals surface area contributed by atoms with E-state index in [-0.39, 0.29) is 17.7 Å². The molecule has 16 heavy (non-hydrogen) atoms. The highest BCUT2D eigenvalue weighted by Crippen LogP contribution is 2.29. The van der Waals surface area contributed by atoms with Gasteiger partial charge in [-0.05, 0) is 30.7 Å². The second-order valence-corrected chi connectivity index (χ2v) is 4.22. The van der Waals surface area contributed by atoms with E-state index in [0.29, 0.717) is 17.8 Å². The molecule has 1 aliphatic rings. The number of carbonyl (C=O) groups is 2. The number of carbonyl (C=O) groups excluding carboxylic acids is 2. The van der Waals surface area contributed by atoms with E-state index in [9.17, 15) is 9.59 Å². The molecule has 1 atom stereocenters. The third kappa shape index (κ3) is 1.56. The molecule has 2 rings (SSSR count). The third-order valence-electron chi connectivity index (χ3n) is 2.83. The van der Waals surface area contributed by atoms with Crippen LogP contribution < -0.4 is 10.6 Å². The van der Waals surface area contributed by atoms with Gasteiger partial charge in [0.25, 0.3) is 0 Å². The van der Waals surface area contributed by atoms with Gasteiger partial charge in [0.1, 0.15) is 0 Å². The third-order valence-corrected chi connectivity index (χ3v) is 2.83. The molecule has 1 aromatic carbocycles. The lowest BCUT2D eigenvalue weighted by atomic mass is 10.1. The number of aryl methyl sites for hydroxylation is 1. The number of amides is 2. The molecule has 4 heteroatoms. The summed E-state index contributed by atoms with van der Waals surface area (Å²) in [5, 5.41) is 0. The summed E-state index contributed by atoms with van der Waals surface area (Å²) < 4.78 is 0. The number of rotatable bonds is 1. The summed E-state index contributed by atoms with van der Waals surface area (Å²) in [4.78, 5) is 24.8. The van der Waals surface area contributed by atoms with Gasteiger partial charge >= 0.3 is 0 Å². The minimum atomic E-state index is -0.218. The number of imide groups is 1. The SMILES string of the molecule is Cc1cc(N)ccc1N1C(=O)CC(C)C1=O. The number of hydrogen-bond acceptors (Lipinski definition) is 3. The Balaban J connectivity index is 2.45. The van der Waals surface area contributed by atoms with Gasteiger partial charge in [0, 0.05) is 18.0 Å². The number of anilines is 2. The first kappa shape index (κ1) is 10.7. The summed E-state index contributed by atoms with van der Waals surface area (Å²) in [6.07, 6.45) is 0.294. The smallest absolute Gasteiger partial charge is 0.237 e. The standard InChI is InChI=1S/C12H14N2O2/c1-7-5-9(13)3-4-10(7)14-11(15)6-8(2)12(14)16/h3-5,8H,6,13H2,1-2H3. The minimum absolute atomic E-state index is 0.127. The molecule has 2 amide bonds. The maximum absolute atomic E-state index is 11.8. The molecular weight excluding hydrogens is 204 g/mol. The predicted octanol–water partition coefficient (Wildman–Crippen LogP) is 1.48. The number of benzene rings is 1. The van der Waals surface area contributed by atoms with Gasteiger partial charge in [-0.2, -0.15) is 0 Å². The molecule has 2 N–H and O–H groups in total. The molecule has 1 aliphatic heterocycles. The highest BCUT2D eigenvalue weighted by atomic mass is 16.2. The number of nitrogens with two attached hydrogens (primary N) is 1. The lowest BCUT2D eigenvalue weighted by molar-refractivity contribution is -0.122. The van der Waals surface area contributed by atoms with Crippen LogP contribution in [0.5, 0.6) is 0 Å². The van der Waals surface area contributed by atoms with Crippen molar-refractivity contribution < 1.29 is 9.59 Å². The zero-order valence-electron chi connectivity index (χ0n) is 9.36. The molecule has 0 radical (unpaired) electrons. The first-order valence-corrected chi connectivity index (χ1v) is 5.23. The van der Waals surface area contributed by atoms with Crippen LogP contribution in [0.15, 0.2) is 18.2 Å². The first-order chi connectivity index (χ1) is 7.50. The number of hydrogen-bond donors (Lipinski definition) is 1. The van der Waals surface area contributed by atoms with Gasteiger partial charge in [-0.3, -0.25) is 14.5 Å². The average molecular weight is 218 g/mol. The van der Waals surface area contributed by atoms with Crippen molar-refractivity contribution in [3.63, 3.8) is 0 Å². The zero-order valence-corrected chi connectivity index (χ0v) is 9.36. The van der Waals surface area contributed by atoms with Crippen LogP contribution in [0, 0.1) is 12.8 Å². The van der Waals surface area contributed by atoms with Crippen LogP contribution in [0.2, 0.25) is 0 Å². The second-order valence-electron chi connectivity index (χ2n) is 4.22. The summed E-state index contributed by atoms with van der Waals surface area (Å²) in [6.45, 7) is 3.61. The molecule has 1 unspecified atom stereocenters. The van der Waals surface area contributed by atoms with Crippen molar-refractivity contribution in [1.29, 1.82) is 0 Å². The fourth-order valence-electron chi connectivity index (χ4n) is 1.97. The summed E-state index contributed by atoms with van der Waals surface area (Å²) >= 11 is 0. The Morgan fingerprint density at radius 2 is 2.06 bits per heavy atom. The molecule has 0 spiro atoms. The molecule has 4 nitrogen and oxygen atoms in total. The monoisotopic (exact) mass is 218 g/mol. The van der Waals surface area contributed by atoms with Gasteiger partial charge in [-0.1, -0.05) is 6.92 Å². The highest BCUT2D eigenvalue weighted by Gasteiger charge is 2.37. The van der Waals surface area contributed by atoms with Gasteiger partial charge in [-0.25, -0.2) is 0 Å². The first-order valence-electron chi connectivity index (χ1n) is 5.23. The van der Waals surface area contributed by atoms with E-state index in [2.05, 4.69) is 0 Å². The highest BCUT2D eigenvalue weighted by molar-refractivity contribution is 6.21. The van der Waals surface area contributed by atoms with Crippen molar-refractivity contribution in [3.8, 4) is 0 Å². The van der Waals surface area contributed by atoms with Crippen molar-refractivity contribution in [3.05, 3.63) is 23.8 Å². The Kier molecular flexibility index (Phi) is 2.42. The normalized spacial score (nSPS) is 20.6. The molecular formula is C12H14N2O2. The quantitative estimate of drug-likeness (QED) is 0.573. The van der Waals surface area contributed by atoms with Crippen LogP contribution in [0.4, 0.5) is 11.4 Å². The van der Waals surface area contributed by atoms with E-state index >= 15 is 0 Å². The van der Waals surface area contributed by atoms with E-state index in [0.717, 1.165) is 5.56 Å². The number of nitrogens with zero attached hydrogens (tertiary/aromatic N) is 1. The molecule has 0 aliphatic carbocycles. The molecule has 0 bridgehead atoms. The lowest BCUT2D eigenvalue weighted by Gasteiger charge is -2.17. The maximum atomic E-state index is 11.8. The summed E-state index contributed by atoms with van der Waals surface area (Å²) in [5.74, 6) is -0.479. The van der Waals surface area contributed by atoms with Crippen LogP contribution in [-0.4, -0.2) is 11.8 Å². The molecule has 84 valence electrons. The Labute approximate surface area is 94.0 Å². The van der Waals surface area contributed by atoms with E-state index in [1.54, 1.807) is 25.1 Å². The van der Waals surface area contributed by atoms with Gasteiger partial charge in [0.05, 0.1) is 5.69 Å². The Morgan fingerprint density at radius 3 is 2.56 bits per heavy atom. The van der Waals surface area contributed by atoms with Crippen LogP contribution in [0.1, 0.15) is 18.9 Å². The molecule has 1 aromatic rings. The lowest BCUT2D eigenvalue weighted by Crippen LogP contribution is -2.30. The zero-order chi connectivity index (χ0) is 11.9. The molecule has 1 heterocycles. The van der Waals surface area contributed by atoms with E-state index < -0.39 is 0 Å². The van der Waals surface area contributed by atoms with Crippen LogP contribution in [-0.2, 0) is 9.59 Å². The molecule has 0 aromatic heterocycles. The fraction of sp³-hybridized carbons (Fsp3) is 0.333. The maximum Gasteiger partial charge on any atom is 0.237 e. The summed E-state index contributed by atoms with van der Waals surface area (Å²) in [6, 6.07) is 5.18. The Hall–Kier alpha value is -1.84. The van der Waals surface area contributed by atoms with Crippen molar-refractivity contribution in [2.75, 3.05) is 10.6 Å². The second kappa shape index (κ2) is 3.63. The topological polar surface area (TPSA) is 63.4 Å². The van der Waals surface area contributed by atoms with E-state index in [1.165, 1.54) is 4.90 Å². The van der Waals surface area contributed by atoms with Crippen LogP contribution in [0.3, 0.4) is 0 Å². The average Bonchev–Trinajstić information content (AvgIpc) is 2.43. The van der Waals surface area contributed by atoms with Crippen molar-refractivity contribution >= 4 is 23.2 Å². The summed E-state index contributed by atoms with van der Waals surface area (Å²) in [5.41, 5.74) is 7.76.